The number of hydrogen-bond donors (Lipinski definition) is 1. The summed E-state index contributed by atoms with van der Waals surface area (Å²) in [5.74, 6) is 0.0951. The Labute approximate surface area is 146 Å². The Morgan fingerprint density at radius 1 is 1.46 bits per heavy atom. The summed E-state index contributed by atoms with van der Waals surface area (Å²) in [5.41, 5.74) is 1.02. The lowest BCUT2D eigenvalue weighted by Crippen LogP contribution is -2.37. The molecule has 1 saturated heterocycles. The van der Waals surface area contributed by atoms with Gasteiger partial charge in [0.25, 0.3) is 0 Å². The molecule has 1 aliphatic heterocycles. The number of carbonyl (C=O) groups is 1. The van der Waals surface area contributed by atoms with Crippen molar-refractivity contribution in [3.63, 3.8) is 0 Å². The van der Waals surface area contributed by atoms with Crippen LogP contribution in [0, 0.1) is 0 Å². The second-order valence-corrected chi connectivity index (χ2v) is 7.34. The molecule has 0 radical (unpaired) electrons. The molecule has 1 aromatic heterocycles. The fourth-order valence-electron chi connectivity index (χ4n) is 2.69. The van der Waals surface area contributed by atoms with Crippen molar-refractivity contribution in [1.82, 2.24) is 10.3 Å². The molecule has 24 heavy (non-hydrogen) atoms. The van der Waals surface area contributed by atoms with Crippen LogP contribution in [0.4, 0.5) is 0 Å². The summed E-state index contributed by atoms with van der Waals surface area (Å²) in [6.45, 7) is 5.71. The number of benzene rings is 1. The number of nitrogens with zero attached hydrogens (tertiary/aromatic N) is 1. The highest BCUT2D eigenvalue weighted by atomic mass is 32.1. The summed E-state index contributed by atoms with van der Waals surface area (Å²) in [4.78, 5) is 16.8. The number of para-hydroxylation sites is 1. The number of amides is 1. The summed E-state index contributed by atoms with van der Waals surface area (Å²) >= 11 is 1.68. The fourth-order valence-corrected chi connectivity index (χ4v) is 3.71. The van der Waals surface area contributed by atoms with E-state index < -0.39 is 6.10 Å². The van der Waals surface area contributed by atoms with E-state index in [-0.39, 0.29) is 17.9 Å². The zero-order valence-electron chi connectivity index (χ0n) is 14.2. The normalized spacial score (nSPS) is 20.2. The largest absolute Gasteiger partial charge is 0.376 e. The van der Waals surface area contributed by atoms with E-state index in [4.69, 9.17) is 9.47 Å². The van der Waals surface area contributed by atoms with Crippen LogP contribution in [-0.4, -0.2) is 42.9 Å². The van der Waals surface area contributed by atoms with Crippen LogP contribution in [0.15, 0.2) is 24.3 Å². The van der Waals surface area contributed by atoms with E-state index in [2.05, 4.69) is 23.3 Å². The van der Waals surface area contributed by atoms with Crippen LogP contribution in [-0.2, 0) is 14.3 Å². The summed E-state index contributed by atoms with van der Waals surface area (Å²) in [5, 5.41) is 4.01. The summed E-state index contributed by atoms with van der Waals surface area (Å²) in [6, 6.07) is 8.10. The molecule has 0 saturated carbocycles. The Bertz CT molecular complexity index is 649. The number of ether oxygens (including phenoxy) is 2. The van der Waals surface area contributed by atoms with E-state index in [1.807, 2.05) is 18.2 Å². The average Bonchev–Trinajstić information content (AvgIpc) is 3.26. The van der Waals surface area contributed by atoms with Gasteiger partial charge in [-0.1, -0.05) is 19.1 Å². The second kappa shape index (κ2) is 8.05. The van der Waals surface area contributed by atoms with Crippen molar-refractivity contribution in [2.45, 2.75) is 44.8 Å². The fraction of sp³-hybridized carbons (Fsp3) is 0.556. The Kier molecular flexibility index (Phi) is 5.81. The van der Waals surface area contributed by atoms with Crippen molar-refractivity contribution >= 4 is 27.5 Å². The minimum atomic E-state index is -0.461. The highest BCUT2D eigenvalue weighted by Gasteiger charge is 2.20. The van der Waals surface area contributed by atoms with Crippen LogP contribution < -0.4 is 5.32 Å². The van der Waals surface area contributed by atoms with Crippen molar-refractivity contribution in [2.75, 3.05) is 19.8 Å². The SMILES string of the molecule is CC(OCC1CCCO1)C(=O)NCC(C)c1nc2ccccc2s1. The minimum Gasteiger partial charge on any atom is -0.376 e. The third kappa shape index (κ3) is 4.32. The van der Waals surface area contributed by atoms with Gasteiger partial charge in [-0.3, -0.25) is 4.79 Å². The molecule has 0 aliphatic carbocycles. The maximum absolute atomic E-state index is 12.2. The predicted octanol–water partition coefficient (Wildman–Crippen LogP) is 3.10. The van der Waals surface area contributed by atoms with E-state index >= 15 is 0 Å². The highest BCUT2D eigenvalue weighted by molar-refractivity contribution is 7.18. The molecule has 5 nitrogen and oxygen atoms in total. The third-order valence-electron chi connectivity index (χ3n) is 4.24. The van der Waals surface area contributed by atoms with Gasteiger partial charge in [0.05, 0.1) is 27.9 Å². The first kappa shape index (κ1) is 17.3. The van der Waals surface area contributed by atoms with Gasteiger partial charge in [0.1, 0.15) is 6.10 Å². The molecule has 2 aromatic rings. The van der Waals surface area contributed by atoms with Crippen molar-refractivity contribution in [1.29, 1.82) is 0 Å². The first-order valence-corrected chi connectivity index (χ1v) is 9.31. The number of thiazole rings is 1. The smallest absolute Gasteiger partial charge is 0.248 e. The van der Waals surface area contributed by atoms with Gasteiger partial charge in [-0.25, -0.2) is 4.98 Å². The van der Waals surface area contributed by atoms with Crippen molar-refractivity contribution in [3.05, 3.63) is 29.3 Å². The molecule has 1 aliphatic rings. The predicted molar refractivity (Wildman–Crippen MR) is 95.4 cm³/mol. The number of aromatic nitrogens is 1. The number of fused-ring (bicyclic) bond motifs is 1. The van der Waals surface area contributed by atoms with E-state index in [1.54, 1.807) is 18.3 Å². The maximum Gasteiger partial charge on any atom is 0.248 e. The number of carbonyl (C=O) groups excluding carboxylic acids is 1. The highest BCUT2D eigenvalue weighted by Crippen LogP contribution is 2.26. The number of nitrogens with one attached hydrogen (secondary N) is 1. The molecule has 3 unspecified atom stereocenters. The standard InChI is InChI=1S/C18H24N2O3S/c1-12(18-20-15-7-3-4-8-16(15)24-18)10-19-17(21)13(2)23-11-14-6-5-9-22-14/h3-4,7-8,12-14H,5-6,9-11H2,1-2H3,(H,19,21). The third-order valence-corrected chi connectivity index (χ3v) is 5.51. The topological polar surface area (TPSA) is 60.5 Å². The second-order valence-electron chi connectivity index (χ2n) is 6.28. The van der Waals surface area contributed by atoms with Crippen LogP contribution in [0.5, 0.6) is 0 Å². The van der Waals surface area contributed by atoms with E-state index in [0.717, 1.165) is 30.0 Å². The minimum absolute atomic E-state index is 0.0824. The molecular weight excluding hydrogens is 324 g/mol. The zero-order valence-corrected chi connectivity index (χ0v) is 15.0. The summed E-state index contributed by atoms with van der Waals surface area (Å²) < 4.78 is 12.3. The Hall–Kier alpha value is -1.50. The van der Waals surface area contributed by atoms with Gasteiger partial charge in [0.15, 0.2) is 0 Å². The van der Waals surface area contributed by atoms with Gasteiger partial charge in [0, 0.05) is 19.1 Å². The van der Waals surface area contributed by atoms with Crippen molar-refractivity contribution in [2.24, 2.45) is 0 Å². The Morgan fingerprint density at radius 2 is 2.29 bits per heavy atom. The summed E-state index contributed by atoms with van der Waals surface area (Å²) in [7, 11) is 0. The van der Waals surface area contributed by atoms with E-state index in [1.165, 1.54) is 4.70 Å². The monoisotopic (exact) mass is 348 g/mol. The molecule has 1 aromatic carbocycles. The van der Waals surface area contributed by atoms with Crippen molar-refractivity contribution in [3.8, 4) is 0 Å². The zero-order chi connectivity index (χ0) is 16.9. The lowest BCUT2D eigenvalue weighted by molar-refractivity contribution is -0.133. The molecule has 130 valence electrons. The number of hydrogen-bond acceptors (Lipinski definition) is 5. The van der Waals surface area contributed by atoms with Crippen LogP contribution in [0.25, 0.3) is 10.2 Å². The van der Waals surface area contributed by atoms with Crippen LogP contribution in [0.1, 0.15) is 37.6 Å². The first-order chi connectivity index (χ1) is 11.6. The molecule has 6 heteroatoms. The Balaban J connectivity index is 1.45. The van der Waals surface area contributed by atoms with Crippen molar-refractivity contribution < 1.29 is 14.3 Å². The molecule has 3 atom stereocenters. The molecular formula is C18H24N2O3S. The molecule has 3 rings (SSSR count). The van der Waals surface area contributed by atoms with Crippen LogP contribution in [0.2, 0.25) is 0 Å². The van der Waals surface area contributed by atoms with E-state index in [9.17, 15) is 4.79 Å². The van der Waals surface area contributed by atoms with Gasteiger partial charge in [-0.05, 0) is 31.9 Å². The maximum atomic E-state index is 12.2. The molecule has 1 fully saturated rings. The van der Waals surface area contributed by atoms with Crippen LogP contribution >= 0.6 is 11.3 Å². The van der Waals surface area contributed by atoms with Gasteiger partial charge < -0.3 is 14.8 Å². The molecule has 2 heterocycles. The van der Waals surface area contributed by atoms with Gasteiger partial charge in [-0.2, -0.15) is 0 Å². The lowest BCUT2D eigenvalue weighted by Gasteiger charge is -2.17. The van der Waals surface area contributed by atoms with E-state index in [0.29, 0.717) is 13.2 Å². The molecule has 1 amide bonds. The van der Waals surface area contributed by atoms with Gasteiger partial charge >= 0.3 is 0 Å². The molecule has 1 N–H and O–H groups in total. The molecule has 0 spiro atoms. The van der Waals surface area contributed by atoms with Gasteiger partial charge in [-0.15, -0.1) is 11.3 Å². The average molecular weight is 348 g/mol. The quantitative estimate of drug-likeness (QED) is 0.835. The van der Waals surface area contributed by atoms with Gasteiger partial charge in [0.2, 0.25) is 5.91 Å². The Morgan fingerprint density at radius 3 is 3.04 bits per heavy atom. The summed E-state index contributed by atoms with van der Waals surface area (Å²) in [6.07, 6.45) is 1.77. The lowest BCUT2D eigenvalue weighted by atomic mass is 10.2. The van der Waals surface area contributed by atoms with Crippen LogP contribution in [0.3, 0.4) is 0 Å². The number of rotatable bonds is 7. The first-order valence-electron chi connectivity index (χ1n) is 8.50. The molecule has 0 bridgehead atoms.